The number of carbonyl (C=O) groups excluding carboxylic acids is 1. The van der Waals surface area contributed by atoms with Gasteiger partial charge in [0.1, 0.15) is 5.82 Å². The van der Waals surface area contributed by atoms with Crippen molar-refractivity contribution < 1.29 is 4.79 Å². The van der Waals surface area contributed by atoms with Crippen molar-refractivity contribution in [3.8, 4) is 0 Å². The fourth-order valence-corrected chi connectivity index (χ4v) is 4.63. The summed E-state index contributed by atoms with van der Waals surface area (Å²) >= 11 is 0. The molecule has 1 atom stereocenters. The lowest BCUT2D eigenvalue weighted by Gasteiger charge is -2.36. The van der Waals surface area contributed by atoms with Crippen molar-refractivity contribution in [3.63, 3.8) is 0 Å². The molecule has 1 aliphatic heterocycles. The summed E-state index contributed by atoms with van der Waals surface area (Å²) in [7, 11) is 2.03. The molecule has 2 heterocycles. The standard InChI is InChI=1S/C21H30N4O/c1-15-23-19-12-16(9-10-20(19)24(15)2)13-22-21(26)17-6-5-11-25(14-17)18-7-3-4-8-18/h9-10,12,17-18H,3-8,11,13-14H2,1-2H3,(H,22,26)/t17-/m1/s1. The highest BCUT2D eigenvalue weighted by molar-refractivity contribution is 5.80. The van der Waals surface area contributed by atoms with Crippen molar-refractivity contribution in [2.24, 2.45) is 13.0 Å². The van der Waals surface area contributed by atoms with Crippen molar-refractivity contribution in [1.29, 1.82) is 0 Å². The molecule has 1 saturated carbocycles. The van der Waals surface area contributed by atoms with Crippen LogP contribution in [0.3, 0.4) is 0 Å². The number of aryl methyl sites for hydroxylation is 2. The monoisotopic (exact) mass is 354 g/mol. The number of nitrogens with zero attached hydrogens (tertiary/aromatic N) is 3. The van der Waals surface area contributed by atoms with Crippen LogP contribution in [0.2, 0.25) is 0 Å². The van der Waals surface area contributed by atoms with Gasteiger partial charge in [0.15, 0.2) is 0 Å². The lowest BCUT2D eigenvalue weighted by molar-refractivity contribution is -0.127. The van der Waals surface area contributed by atoms with Crippen LogP contribution in [0.15, 0.2) is 18.2 Å². The third-order valence-corrected chi connectivity index (χ3v) is 6.30. The molecular formula is C21H30N4O. The second kappa shape index (κ2) is 7.39. The Kier molecular flexibility index (Phi) is 4.98. The molecule has 0 bridgehead atoms. The maximum Gasteiger partial charge on any atom is 0.224 e. The molecule has 1 aromatic carbocycles. The summed E-state index contributed by atoms with van der Waals surface area (Å²) in [6.45, 7) is 4.71. The first-order chi connectivity index (χ1) is 12.6. The summed E-state index contributed by atoms with van der Waals surface area (Å²) in [4.78, 5) is 19.9. The van der Waals surface area contributed by atoms with E-state index in [4.69, 9.17) is 0 Å². The predicted octanol–water partition coefficient (Wildman–Crippen LogP) is 3.15. The number of piperidine rings is 1. The minimum absolute atomic E-state index is 0.144. The van der Waals surface area contributed by atoms with Crippen LogP contribution in [-0.4, -0.2) is 39.5 Å². The Morgan fingerprint density at radius 1 is 1.23 bits per heavy atom. The van der Waals surface area contributed by atoms with Gasteiger partial charge < -0.3 is 9.88 Å². The van der Waals surface area contributed by atoms with E-state index in [9.17, 15) is 4.79 Å². The van der Waals surface area contributed by atoms with Crippen LogP contribution in [0.25, 0.3) is 11.0 Å². The normalized spacial score (nSPS) is 22.2. The molecule has 5 nitrogen and oxygen atoms in total. The van der Waals surface area contributed by atoms with Gasteiger partial charge in [-0.2, -0.15) is 0 Å². The van der Waals surface area contributed by atoms with Gasteiger partial charge in [-0.05, 0) is 56.8 Å². The van der Waals surface area contributed by atoms with Gasteiger partial charge in [-0.3, -0.25) is 9.69 Å². The summed E-state index contributed by atoms with van der Waals surface area (Å²) < 4.78 is 2.09. The molecule has 1 saturated heterocycles. The predicted molar refractivity (Wildman–Crippen MR) is 104 cm³/mol. The van der Waals surface area contributed by atoms with Gasteiger partial charge in [-0.25, -0.2) is 4.98 Å². The third-order valence-electron chi connectivity index (χ3n) is 6.30. The average molecular weight is 354 g/mol. The van der Waals surface area contributed by atoms with Crippen molar-refractivity contribution in [2.75, 3.05) is 13.1 Å². The number of imidazole rings is 1. The first-order valence-electron chi connectivity index (χ1n) is 10.1. The number of carbonyl (C=O) groups is 1. The Balaban J connectivity index is 1.35. The van der Waals surface area contributed by atoms with Crippen LogP contribution >= 0.6 is 0 Å². The van der Waals surface area contributed by atoms with Gasteiger partial charge in [-0.15, -0.1) is 0 Å². The minimum Gasteiger partial charge on any atom is -0.352 e. The molecule has 2 aromatic rings. The Hall–Kier alpha value is -1.88. The molecule has 4 rings (SSSR count). The molecule has 5 heteroatoms. The Morgan fingerprint density at radius 2 is 2.04 bits per heavy atom. The van der Waals surface area contributed by atoms with E-state index < -0.39 is 0 Å². The zero-order chi connectivity index (χ0) is 18.1. The topological polar surface area (TPSA) is 50.2 Å². The highest BCUT2D eigenvalue weighted by atomic mass is 16.1. The molecule has 1 aromatic heterocycles. The van der Waals surface area contributed by atoms with Gasteiger partial charge >= 0.3 is 0 Å². The van der Waals surface area contributed by atoms with Crippen molar-refractivity contribution in [2.45, 2.75) is 58.0 Å². The van der Waals surface area contributed by atoms with E-state index in [0.717, 1.165) is 47.8 Å². The molecule has 1 aliphatic carbocycles. The molecule has 1 amide bonds. The van der Waals surface area contributed by atoms with Gasteiger partial charge in [-0.1, -0.05) is 18.9 Å². The average Bonchev–Trinajstić information content (AvgIpc) is 3.29. The van der Waals surface area contributed by atoms with Crippen LogP contribution in [0.4, 0.5) is 0 Å². The summed E-state index contributed by atoms with van der Waals surface area (Å²) in [6, 6.07) is 7.00. The SMILES string of the molecule is Cc1nc2cc(CNC(=O)[C@@H]3CCCN(C4CCCC4)C3)ccc2n1C. The molecule has 2 fully saturated rings. The maximum absolute atomic E-state index is 12.7. The molecular weight excluding hydrogens is 324 g/mol. The van der Waals surface area contributed by atoms with Crippen LogP contribution < -0.4 is 5.32 Å². The molecule has 0 spiro atoms. The highest BCUT2D eigenvalue weighted by Crippen LogP contribution is 2.28. The Morgan fingerprint density at radius 3 is 2.85 bits per heavy atom. The van der Waals surface area contributed by atoms with E-state index in [1.165, 1.54) is 32.2 Å². The fraction of sp³-hybridized carbons (Fsp3) is 0.619. The first kappa shape index (κ1) is 17.5. The number of fused-ring (bicyclic) bond motifs is 1. The van der Waals surface area contributed by atoms with Crippen LogP contribution in [0.1, 0.15) is 49.9 Å². The van der Waals surface area contributed by atoms with Gasteiger partial charge in [0.25, 0.3) is 0 Å². The number of rotatable bonds is 4. The summed E-state index contributed by atoms with van der Waals surface area (Å²) in [6.07, 6.45) is 7.51. The third kappa shape index (κ3) is 3.50. The van der Waals surface area contributed by atoms with E-state index in [2.05, 4.69) is 38.0 Å². The van der Waals surface area contributed by atoms with E-state index >= 15 is 0 Å². The lowest BCUT2D eigenvalue weighted by atomic mass is 9.95. The summed E-state index contributed by atoms with van der Waals surface area (Å²) in [5.41, 5.74) is 3.26. The fourth-order valence-electron chi connectivity index (χ4n) is 4.63. The molecule has 0 unspecified atom stereocenters. The number of aromatic nitrogens is 2. The second-order valence-corrected chi connectivity index (χ2v) is 8.03. The van der Waals surface area contributed by atoms with Crippen molar-refractivity contribution >= 4 is 16.9 Å². The number of benzene rings is 1. The lowest BCUT2D eigenvalue weighted by Crippen LogP contribution is -2.46. The zero-order valence-electron chi connectivity index (χ0n) is 16.0. The molecule has 1 N–H and O–H groups in total. The minimum atomic E-state index is 0.144. The summed E-state index contributed by atoms with van der Waals surface area (Å²) in [5.74, 6) is 1.37. The van der Waals surface area contributed by atoms with Crippen LogP contribution in [0.5, 0.6) is 0 Å². The van der Waals surface area contributed by atoms with Gasteiger partial charge in [0, 0.05) is 26.2 Å². The number of amides is 1. The Labute approximate surface area is 155 Å². The quantitative estimate of drug-likeness (QED) is 0.918. The van der Waals surface area contributed by atoms with E-state index in [-0.39, 0.29) is 11.8 Å². The molecule has 140 valence electrons. The van der Waals surface area contributed by atoms with E-state index in [1.807, 2.05) is 14.0 Å². The second-order valence-electron chi connectivity index (χ2n) is 8.03. The summed E-state index contributed by atoms with van der Waals surface area (Å²) in [5, 5.41) is 3.17. The number of likely N-dealkylation sites (tertiary alicyclic amines) is 1. The smallest absolute Gasteiger partial charge is 0.224 e. The van der Waals surface area contributed by atoms with Gasteiger partial charge in [0.2, 0.25) is 5.91 Å². The van der Waals surface area contributed by atoms with E-state index in [1.54, 1.807) is 0 Å². The van der Waals surface area contributed by atoms with Crippen LogP contribution in [-0.2, 0) is 18.4 Å². The van der Waals surface area contributed by atoms with Crippen molar-refractivity contribution in [1.82, 2.24) is 19.8 Å². The maximum atomic E-state index is 12.7. The molecule has 26 heavy (non-hydrogen) atoms. The van der Waals surface area contributed by atoms with Crippen molar-refractivity contribution in [3.05, 3.63) is 29.6 Å². The number of hydrogen-bond acceptors (Lipinski definition) is 3. The first-order valence-corrected chi connectivity index (χ1v) is 10.1. The number of nitrogens with one attached hydrogen (secondary N) is 1. The molecule has 0 radical (unpaired) electrons. The number of hydrogen-bond donors (Lipinski definition) is 1. The Bertz CT molecular complexity index is 791. The largest absolute Gasteiger partial charge is 0.352 e. The van der Waals surface area contributed by atoms with E-state index in [0.29, 0.717) is 6.54 Å². The highest BCUT2D eigenvalue weighted by Gasteiger charge is 2.30. The van der Waals surface area contributed by atoms with Crippen LogP contribution in [0, 0.1) is 12.8 Å². The zero-order valence-corrected chi connectivity index (χ0v) is 16.0. The van der Waals surface area contributed by atoms with Gasteiger partial charge in [0.05, 0.1) is 17.0 Å². The molecule has 2 aliphatic rings.